The molecule has 4 rings (SSSR count). The normalized spacial score (nSPS) is 12.4. The number of rotatable bonds is 6. The molecule has 0 saturated carbocycles. The first-order valence-electron chi connectivity index (χ1n) is 9.81. The van der Waals surface area contributed by atoms with E-state index in [2.05, 4.69) is 34.7 Å². The smallest absolute Gasteiger partial charge is 0.276 e. The molecule has 1 atom stereocenters. The average Bonchev–Trinajstić information content (AvgIpc) is 3.17. The van der Waals surface area contributed by atoms with E-state index in [9.17, 15) is 9.59 Å². The molecule has 2 aromatic heterocycles. The van der Waals surface area contributed by atoms with Crippen molar-refractivity contribution in [1.82, 2.24) is 15.1 Å². The van der Waals surface area contributed by atoms with Crippen LogP contribution in [-0.4, -0.2) is 28.5 Å². The van der Waals surface area contributed by atoms with Gasteiger partial charge in [0.1, 0.15) is 6.04 Å². The van der Waals surface area contributed by atoms with Crippen LogP contribution in [0.2, 0.25) is 0 Å². The number of benzene rings is 2. The number of thioether (sulfide) groups is 1. The van der Waals surface area contributed by atoms with Crippen molar-refractivity contribution in [2.24, 2.45) is 0 Å². The molecule has 0 saturated heterocycles. The van der Waals surface area contributed by atoms with Crippen LogP contribution in [-0.2, 0) is 11.2 Å². The Bertz CT molecular complexity index is 1280. The summed E-state index contributed by atoms with van der Waals surface area (Å²) in [6.07, 6.45) is 2.78. The second-order valence-electron chi connectivity index (χ2n) is 7.20. The Morgan fingerprint density at radius 3 is 2.67 bits per heavy atom. The van der Waals surface area contributed by atoms with Crippen LogP contribution in [0.25, 0.3) is 20.2 Å². The zero-order valence-corrected chi connectivity index (χ0v) is 18.8. The van der Waals surface area contributed by atoms with Crippen molar-refractivity contribution in [2.45, 2.75) is 31.2 Å². The van der Waals surface area contributed by atoms with E-state index >= 15 is 0 Å². The number of nitrogens with zero attached hydrogens (tertiary/aromatic N) is 2. The standard InChI is InChI=1S/C23H23N3O2S2/c1-14-21-20(18-6-4-5-7-19(18)30-21)23(28)26(25-14)15(2)22(27)24-13-12-16-8-10-17(29-3)11-9-16/h4-11,15H,12-13H2,1-3H3,(H,24,27)/t15-/m0/s1. The van der Waals surface area contributed by atoms with Crippen LogP contribution in [0.3, 0.4) is 0 Å². The summed E-state index contributed by atoms with van der Waals surface area (Å²) < 4.78 is 3.26. The minimum Gasteiger partial charge on any atom is -0.354 e. The number of hydrogen-bond donors (Lipinski definition) is 1. The predicted molar refractivity (Wildman–Crippen MR) is 126 cm³/mol. The first-order chi connectivity index (χ1) is 14.5. The van der Waals surface area contributed by atoms with Gasteiger partial charge in [0, 0.05) is 21.5 Å². The molecule has 2 aromatic carbocycles. The van der Waals surface area contributed by atoms with Crippen LogP contribution >= 0.6 is 23.1 Å². The van der Waals surface area contributed by atoms with Gasteiger partial charge < -0.3 is 5.32 Å². The summed E-state index contributed by atoms with van der Waals surface area (Å²) in [5.74, 6) is -0.205. The number of aryl methyl sites for hydroxylation is 1. The summed E-state index contributed by atoms with van der Waals surface area (Å²) in [7, 11) is 0. The number of amides is 1. The third-order valence-electron chi connectivity index (χ3n) is 5.22. The molecule has 0 bridgehead atoms. The Kier molecular flexibility index (Phi) is 5.92. The van der Waals surface area contributed by atoms with Gasteiger partial charge in [-0.05, 0) is 50.3 Å². The van der Waals surface area contributed by atoms with E-state index in [0.29, 0.717) is 11.9 Å². The topological polar surface area (TPSA) is 64.0 Å². The van der Waals surface area contributed by atoms with Gasteiger partial charge in [-0.2, -0.15) is 5.10 Å². The lowest BCUT2D eigenvalue weighted by atomic mass is 10.1. The summed E-state index contributed by atoms with van der Waals surface area (Å²) in [4.78, 5) is 27.1. The number of carbonyl (C=O) groups excluding carboxylic acids is 1. The van der Waals surface area contributed by atoms with Crippen LogP contribution in [0.15, 0.2) is 58.2 Å². The number of thiophene rings is 1. The van der Waals surface area contributed by atoms with Crippen molar-refractivity contribution in [2.75, 3.05) is 12.8 Å². The summed E-state index contributed by atoms with van der Waals surface area (Å²) in [5, 5.41) is 8.97. The van der Waals surface area contributed by atoms with Crippen LogP contribution in [0.4, 0.5) is 0 Å². The molecular weight excluding hydrogens is 414 g/mol. The lowest BCUT2D eigenvalue weighted by molar-refractivity contribution is -0.124. The monoisotopic (exact) mass is 437 g/mol. The summed E-state index contributed by atoms with van der Waals surface area (Å²) >= 11 is 3.27. The van der Waals surface area contributed by atoms with E-state index < -0.39 is 6.04 Å². The highest BCUT2D eigenvalue weighted by Crippen LogP contribution is 2.32. The van der Waals surface area contributed by atoms with Gasteiger partial charge in [-0.1, -0.05) is 30.3 Å². The molecule has 7 heteroatoms. The maximum atomic E-state index is 13.2. The number of fused-ring (bicyclic) bond motifs is 3. The molecule has 0 aliphatic heterocycles. The van der Waals surface area contributed by atoms with E-state index in [0.717, 1.165) is 32.5 Å². The minimum absolute atomic E-state index is 0.205. The summed E-state index contributed by atoms with van der Waals surface area (Å²) in [5.41, 5.74) is 1.71. The lowest BCUT2D eigenvalue weighted by Crippen LogP contribution is -2.38. The largest absolute Gasteiger partial charge is 0.354 e. The SMILES string of the molecule is CSc1ccc(CCNC(=O)[C@H](C)n2nc(C)c3sc4ccccc4c3c2=O)cc1. The fourth-order valence-electron chi connectivity index (χ4n) is 3.52. The Hall–Kier alpha value is -2.64. The third kappa shape index (κ3) is 3.87. The highest BCUT2D eigenvalue weighted by Gasteiger charge is 2.21. The van der Waals surface area contributed by atoms with E-state index in [-0.39, 0.29) is 11.5 Å². The van der Waals surface area contributed by atoms with Crippen molar-refractivity contribution >= 4 is 49.2 Å². The van der Waals surface area contributed by atoms with E-state index in [1.807, 2.05) is 37.4 Å². The Morgan fingerprint density at radius 2 is 1.93 bits per heavy atom. The quantitative estimate of drug-likeness (QED) is 0.449. The minimum atomic E-state index is -0.682. The molecule has 0 spiro atoms. The fourth-order valence-corrected chi connectivity index (χ4v) is 5.07. The van der Waals surface area contributed by atoms with Crippen LogP contribution in [0.1, 0.15) is 24.2 Å². The Balaban J connectivity index is 1.54. The van der Waals surface area contributed by atoms with Gasteiger partial charge in [0.05, 0.1) is 15.8 Å². The molecule has 0 unspecified atom stereocenters. The second-order valence-corrected chi connectivity index (χ2v) is 9.13. The van der Waals surface area contributed by atoms with Crippen molar-refractivity contribution in [3.8, 4) is 0 Å². The second kappa shape index (κ2) is 8.62. The van der Waals surface area contributed by atoms with E-state index in [1.165, 1.54) is 9.58 Å². The Morgan fingerprint density at radius 1 is 1.20 bits per heavy atom. The molecular formula is C23H23N3O2S2. The van der Waals surface area contributed by atoms with Crippen LogP contribution in [0.5, 0.6) is 0 Å². The van der Waals surface area contributed by atoms with Crippen LogP contribution < -0.4 is 10.9 Å². The lowest BCUT2D eigenvalue weighted by Gasteiger charge is -2.15. The van der Waals surface area contributed by atoms with Crippen molar-refractivity contribution in [1.29, 1.82) is 0 Å². The molecule has 30 heavy (non-hydrogen) atoms. The predicted octanol–water partition coefficient (Wildman–Crippen LogP) is 4.56. The number of nitrogens with one attached hydrogen (secondary N) is 1. The molecule has 4 aromatic rings. The zero-order valence-electron chi connectivity index (χ0n) is 17.1. The Labute approximate surface area is 183 Å². The zero-order chi connectivity index (χ0) is 21.3. The first kappa shape index (κ1) is 20.6. The van der Waals surface area contributed by atoms with Gasteiger partial charge in [-0.25, -0.2) is 4.68 Å². The summed E-state index contributed by atoms with van der Waals surface area (Å²) in [6.45, 7) is 4.12. The highest BCUT2D eigenvalue weighted by molar-refractivity contribution is 7.98. The van der Waals surface area contributed by atoms with Gasteiger partial charge in [-0.15, -0.1) is 23.1 Å². The molecule has 0 radical (unpaired) electrons. The van der Waals surface area contributed by atoms with E-state index in [4.69, 9.17) is 0 Å². The molecule has 0 aliphatic carbocycles. The number of hydrogen-bond acceptors (Lipinski definition) is 5. The van der Waals surface area contributed by atoms with Gasteiger partial charge >= 0.3 is 0 Å². The average molecular weight is 438 g/mol. The van der Waals surface area contributed by atoms with Crippen molar-refractivity contribution < 1.29 is 4.79 Å². The van der Waals surface area contributed by atoms with Crippen molar-refractivity contribution in [3.05, 3.63) is 70.1 Å². The van der Waals surface area contributed by atoms with Gasteiger partial charge in [-0.3, -0.25) is 9.59 Å². The molecule has 1 N–H and O–H groups in total. The van der Waals surface area contributed by atoms with E-state index in [1.54, 1.807) is 30.0 Å². The number of carbonyl (C=O) groups is 1. The third-order valence-corrected chi connectivity index (χ3v) is 7.25. The molecule has 1 amide bonds. The van der Waals surface area contributed by atoms with Gasteiger partial charge in [0.15, 0.2) is 0 Å². The molecule has 2 heterocycles. The maximum Gasteiger partial charge on any atom is 0.276 e. The molecule has 0 aliphatic rings. The van der Waals surface area contributed by atoms with Gasteiger partial charge in [0.25, 0.3) is 5.56 Å². The summed E-state index contributed by atoms with van der Waals surface area (Å²) in [6, 6.07) is 15.5. The number of aromatic nitrogens is 2. The molecule has 154 valence electrons. The maximum absolute atomic E-state index is 13.2. The van der Waals surface area contributed by atoms with Crippen LogP contribution in [0, 0.1) is 6.92 Å². The molecule has 5 nitrogen and oxygen atoms in total. The highest BCUT2D eigenvalue weighted by atomic mass is 32.2. The van der Waals surface area contributed by atoms with Crippen molar-refractivity contribution in [3.63, 3.8) is 0 Å². The fraction of sp³-hybridized carbons (Fsp3) is 0.261. The molecule has 0 fully saturated rings. The first-order valence-corrected chi connectivity index (χ1v) is 11.8. The van der Waals surface area contributed by atoms with Gasteiger partial charge in [0.2, 0.25) is 5.91 Å².